The lowest BCUT2D eigenvalue weighted by Crippen LogP contribution is -2.33. The van der Waals surface area contributed by atoms with E-state index in [9.17, 15) is 18.0 Å². The molecule has 0 radical (unpaired) electrons. The molecule has 8 nitrogen and oxygen atoms in total. The second-order valence-corrected chi connectivity index (χ2v) is 10.5. The maximum absolute atomic E-state index is 13.0. The van der Waals surface area contributed by atoms with Crippen molar-refractivity contribution in [1.29, 1.82) is 0 Å². The van der Waals surface area contributed by atoms with E-state index >= 15 is 0 Å². The van der Waals surface area contributed by atoms with Gasteiger partial charge in [0.2, 0.25) is 0 Å². The highest BCUT2D eigenvalue weighted by atomic mass is 32.2. The van der Waals surface area contributed by atoms with Gasteiger partial charge in [0.05, 0.1) is 0 Å². The zero-order valence-corrected chi connectivity index (χ0v) is 19.6. The quantitative estimate of drug-likeness (QED) is 0.380. The molecular formula is C23H22N4O4S2. The van der Waals surface area contributed by atoms with Gasteiger partial charge in [0.15, 0.2) is 0 Å². The molecule has 0 atom stereocenters. The molecule has 0 aliphatic rings. The number of aryl methyl sites for hydroxylation is 1. The lowest BCUT2D eigenvalue weighted by atomic mass is 10.1. The minimum Gasteiger partial charge on any atom is -0.385 e. The maximum Gasteiger partial charge on any atom is 0.333 e. The number of carbonyl (C=O) groups is 1. The molecule has 3 N–H and O–H groups in total. The predicted octanol–water partition coefficient (Wildman–Crippen LogP) is 4.30. The number of urea groups is 1. The standard InChI is InChI=1S/C23H22N4O4S2/c1-3-24-18-7-10-20-16(14-18)12-13-27(22(20)28)19-8-5-17(6-9-19)25-23(29)26-33(30,31)21-11-4-15(2)32-21/h4-14,24H,3H2,1-2H3,(H2,25,26,29). The number of fused-ring (bicyclic) bond motifs is 1. The number of sulfonamides is 1. The Kier molecular flexibility index (Phi) is 6.21. The number of pyridine rings is 1. The van der Waals surface area contributed by atoms with E-state index in [-0.39, 0.29) is 9.77 Å². The van der Waals surface area contributed by atoms with Crippen molar-refractivity contribution in [2.75, 3.05) is 17.2 Å². The maximum atomic E-state index is 13.0. The first-order valence-corrected chi connectivity index (χ1v) is 12.5. The summed E-state index contributed by atoms with van der Waals surface area (Å²) in [6.07, 6.45) is 1.70. The largest absolute Gasteiger partial charge is 0.385 e. The highest BCUT2D eigenvalue weighted by molar-refractivity contribution is 7.92. The Morgan fingerprint density at radius 3 is 2.39 bits per heavy atom. The molecule has 2 heterocycles. The average molecular weight is 483 g/mol. The van der Waals surface area contributed by atoms with Gasteiger partial charge < -0.3 is 10.6 Å². The first kappa shape index (κ1) is 22.6. The Balaban J connectivity index is 1.50. The van der Waals surface area contributed by atoms with Gasteiger partial charge in [-0.05, 0) is 79.9 Å². The van der Waals surface area contributed by atoms with Gasteiger partial charge >= 0.3 is 6.03 Å². The molecule has 4 aromatic rings. The fraction of sp³-hybridized carbons (Fsp3) is 0.130. The van der Waals surface area contributed by atoms with E-state index in [1.807, 2.05) is 29.8 Å². The SMILES string of the molecule is CCNc1ccc2c(=O)n(-c3ccc(NC(=O)NS(=O)(=O)c4ccc(C)s4)cc3)ccc2c1. The summed E-state index contributed by atoms with van der Waals surface area (Å²) in [6, 6.07) is 16.3. The molecule has 2 amide bonds. The molecule has 33 heavy (non-hydrogen) atoms. The molecule has 2 aromatic heterocycles. The number of hydrogen-bond acceptors (Lipinski definition) is 6. The Hall–Kier alpha value is -3.63. The first-order chi connectivity index (χ1) is 15.8. The highest BCUT2D eigenvalue weighted by Crippen LogP contribution is 2.21. The van der Waals surface area contributed by atoms with Crippen molar-refractivity contribution in [3.63, 3.8) is 0 Å². The van der Waals surface area contributed by atoms with Crippen molar-refractivity contribution >= 4 is 49.5 Å². The smallest absolute Gasteiger partial charge is 0.333 e. The van der Waals surface area contributed by atoms with Crippen LogP contribution in [-0.4, -0.2) is 25.6 Å². The third kappa shape index (κ3) is 4.91. The number of benzene rings is 2. The first-order valence-electron chi connectivity index (χ1n) is 10.2. The van der Waals surface area contributed by atoms with Crippen LogP contribution in [0.5, 0.6) is 0 Å². The van der Waals surface area contributed by atoms with Crippen molar-refractivity contribution in [1.82, 2.24) is 9.29 Å². The van der Waals surface area contributed by atoms with E-state index in [0.717, 1.165) is 33.8 Å². The molecule has 0 saturated heterocycles. The van der Waals surface area contributed by atoms with Gasteiger partial charge in [0.1, 0.15) is 4.21 Å². The van der Waals surface area contributed by atoms with Gasteiger partial charge in [-0.2, -0.15) is 0 Å². The predicted molar refractivity (Wildman–Crippen MR) is 132 cm³/mol. The molecule has 170 valence electrons. The van der Waals surface area contributed by atoms with Crippen molar-refractivity contribution in [3.05, 3.63) is 82.1 Å². The van der Waals surface area contributed by atoms with Crippen LogP contribution in [0, 0.1) is 6.92 Å². The number of aromatic nitrogens is 1. The summed E-state index contributed by atoms with van der Waals surface area (Å²) >= 11 is 1.08. The number of nitrogens with zero attached hydrogens (tertiary/aromatic N) is 1. The lowest BCUT2D eigenvalue weighted by Gasteiger charge is -2.11. The molecule has 2 aromatic carbocycles. The highest BCUT2D eigenvalue weighted by Gasteiger charge is 2.19. The van der Waals surface area contributed by atoms with Crippen molar-refractivity contribution in [3.8, 4) is 5.69 Å². The molecule has 0 unspecified atom stereocenters. The molecule has 0 aliphatic carbocycles. The van der Waals surface area contributed by atoms with Crippen LogP contribution in [0.3, 0.4) is 0 Å². The number of rotatable bonds is 6. The molecule has 0 aliphatic heterocycles. The van der Waals surface area contributed by atoms with Gasteiger partial charge in [-0.3, -0.25) is 9.36 Å². The van der Waals surface area contributed by atoms with E-state index in [2.05, 4.69) is 10.6 Å². The third-order valence-corrected chi connectivity index (χ3v) is 7.72. The molecule has 10 heteroatoms. The Morgan fingerprint density at radius 1 is 1.00 bits per heavy atom. The van der Waals surface area contributed by atoms with Crippen LogP contribution in [-0.2, 0) is 10.0 Å². The normalized spacial score (nSPS) is 11.3. The van der Waals surface area contributed by atoms with Gasteiger partial charge in [-0.25, -0.2) is 17.9 Å². The van der Waals surface area contributed by atoms with Crippen LogP contribution in [0.1, 0.15) is 11.8 Å². The number of anilines is 2. The van der Waals surface area contributed by atoms with Gasteiger partial charge in [0, 0.05) is 40.1 Å². The monoisotopic (exact) mass is 482 g/mol. The molecule has 0 bridgehead atoms. The van der Waals surface area contributed by atoms with Gasteiger partial charge in [0.25, 0.3) is 15.6 Å². The number of carbonyl (C=O) groups excluding carboxylic acids is 1. The van der Waals surface area contributed by atoms with E-state index in [1.165, 1.54) is 10.6 Å². The van der Waals surface area contributed by atoms with Crippen molar-refractivity contribution in [2.24, 2.45) is 0 Å². The van der Waals surface area contributed by atoms with Crippen LogP contribution in [0.15, 0.2) is 75.9 Å². The summed E-state index contributed by atoms with van der Waals surface area (Å²) in [7, 11) is -3.94. The van der Waals surface area contributed by atoms with E-state index in [0.29, 0.717) is 16.8 Å². The zero-order chi connectivity index (χ0) is 23.6. The second kappa shape index (κ2) is 9.08. The molecule has 0 saturated carbocycles. The minimum atomic E-state index is -3.94. The Morgan fingerprint density at radius 2 is 1.73 bits per heavy atom. The van der Waals surface area contributed by atoms with Crippen LogP contribution >= 0.6 is 11.3 Å². The van der Waals surface area contributed by atoms with Crippen molar-refractivity contribution < 1.29 is 13.2 Å². The van der Waals surface area contributed by atoms with E-state index in [4.69, 9.17) is 0 Å². The summed E-state index contributed by atoms with van der Waals surface area (Å²) in [5.41, 5.74) is 1.79. The third-order valence-electron chi connectivity index (χ3n) is 4.90. The van der Waals surface area contributed by atoms with Crippen LogP contribution in [0.25, 0.3) is 16.5 Å². The summed E-state index contributed by atoms with van der Waals surface area (Å²) < 4.78 is 28.1. The molecule has 0 fully saturated rings. The zero-order valence-electron chi connectivity index (χ0n) is 18.0. The summed E-state index contributed by atoms with van der Waals surface area (Å²) in [6.45, 7) is 4.58. The van der Waals surface area contributed by atoms with E-state index in [1.54, 1.807) is 49.5 Å². The van der Waals surface area contributed by atoms with Crippen molar-refractivity contribution in [2.45, 2.75) is 18.1 Å². The molecular weight excluding hydrogens is 460 g/mol. The molecule has 4 rings (SSSR count). The summed E-state index contributed by atoms with van der Waals surface area (Å²) in [5.74, 6) is 0. The van der Waals surface area contributed by atoms with E-state index < -0.39 is 16.1 Å². The van der Waals surface area contributed by atoms with Gasteiger partial charge in [-0.1, -0.05) is 0 Å². The number of amides is 2. The summed E-state index contributed by atoms with van der Waals surface area (Å²) in [4.78, 5) is 26.0. The fourth-order valence-electron chi connectivity index (χ4n) is 3.36. The fourth-order valence-corrected chi connectivity index (χ4v) is 5.55. The number of hydrogen-bond donors (Lipinski definition) is 3. The average Bonchev–Trinajstić information content (AvgIpc) is 3.22. The lowest BCUT2D eigenvalue weighted by molar-refractivity contribution is 0.256. The minimum absolute atomic E-state index is 0.0683. The van der Waals surface area contributed by atoms with Crippen LogP contribution in [0.2, 0.25) is 0 Å². The Bertz CT molecular complexity index is 1490. The van der Waals surface area contributed by atoms with Gasteiger partial charge in [-0.15, -0.1) is 11.3 Å². The van der Waals surface area contributed by atoms with Crippen LogP contribution in [0.4, 0.5) is 16.2 Å². The van der Waals surface area contributed by atoms with Crippen LogP contribution < -0.4 is 20.9 Å². The number of nitrogens with one attached hydrogen (secondary N) is 3. The Labute approximate surface area is 194 Å². The second-order valence-electron chi connectivity index (χ2n) is 7.29. The number of thiophene rings is 1. The summed E-state index contributed by atoms with van der Waals surface area (Å²) in [5, 5.41) is 7.15. The molecule has 0 spiro atoms. The topological polar surface area (TPSA) is 109 Å².